The van der Waals surface area contributed by atoms with Crippen molar-refractivity contribution in [1.82, 2.24) is 0 Å². The molecule has 0 amide bonds. The van der Waals surface area contributed by atoms with E-state index in [4.69, 9.17) is 0 Å². The highest BCUT2D eigenvalue weighted by molar-refractivity contribution is 5.73. The van der Waals surface area contributed by atoms with E-state index in [0.717, 1.165) is 11.1 Å². The topological polar surface area (TPSA) is 0 Å². The zero-order valence-electron chi connectivity index (χ0n) is 23.8. The summed E-state index contributed by atoms with van der Waals surface area (Å²) < 4.78 is 0. The molecule has 0 fully saturated rings. The molecule has 0 spiro atoms. The minimum Gasteiger partial charge on any atom is -0.0654 e. The molecule has 0 saturated heterocycles. The highest BCUT2D eigenvalue weighted by Crippen LogP contribution is 2.27. The Bertz CT molecular complexity index is 1090. The maximum atomic E-state index is 3.41. The second kappa shape index (κ2) is 15.4. The molecule has 4 aliphatic rings. The van der Waals surface area contributed by atoms with Crippen molar-refractivity contribution >= 4 is 0 Å². The molecule has 0 aromatic carbocycles. The Morgan fingerprint density at radius 2 is 0.711 bits per heavy atom. The third-order valence-corrected chi connectivity index (χ3v) is 7.81. The van der Waals surface area contributed by atoms with E-state index in [2.05, 4.69) is 98.5 Å². The largest absolute Gasteiger partial charge is 0.0654 e. The Labute approximate surface area is 232 Å². The van der Waals surface area contributed by atoms with Crippen molar-refractivity contribution in [2.75, 3.05) is 0 Å². The second-order valence-corrected chi connectivity index (χ2v) is 11.1. The molecule has 0 saturated carbocycles. The molecule has 0 heterocycles. The molecule has 0 bridgehead atoms. The lowest BCUT2D eigenvalue weighted by Gasteiger charge is -2.00. The molecule has 0 atom stereocenters. The van der Waals surface area contributed by atoms with Crippen molar-refractivity contribution in [2.45, 2.75) is 104 Å². The van der Waals surface area contributed by atoms with Gasteiger partial charge in [0.25, 0.3) is 0 Å². The van der Waals surface area contributed by atoms with E-state index < -0.39 is 0 Å². The van der Waals surface area contributed by atoms with E-state index in [0.29, 0.717) is 0 Å². The third-order valence-electron chi connectivity index (χ3n) is 7.81. The van der Waals surface area contributed by atoms with Crippen LogP contribution in [-0.2, 0) is 12.8 Å². The first-order valence-corrected chi connectivity index (χ1v) is 15.3. The molecular weight excluding hydrogens is 456 g/mol. The Kier molecular flexibility index (Phi) is 11.3. The van der Waals surface area contributed by atoms with Crippen LogP contribution in [0.25, 0.3) is 22.3 Å². The highest BCUT2D eigenvalue weighted by Gasteiger charge is 2.06. The van der Waals surface area contributed by atoms with Crippen LogP contribution in [0.3, 0.4) is 0 Å². The van der Waals surface area contributed by atoms with E-state index in [1.807, 2.05) is 0 Å². The monoisotopic (exact) mass is 502 g/mol. The Morgan fingerprint density at radius 1 is 0.395 bits per heavy atom. The standard InChI is InChI=1S/C38H46/c1-3-5-7-9-11-13-15-31-19-23-35-27-33(28-36(35)24-20-31)17-18-34-29-37-25-21-32(22-26-38(37)30-34)16-14-12-10-8-6-4-2/h19-30H,3-16H2,1-2H3. The molecule has 4 aliphatic carbocycles. The first-order valence-electron chi connectivity index (χ1n) is 15.3. The van der Waals surface area contributed by atoms with Crippen molar-refractivity contribution < 1.29 is 0 Å². The van der Waals surface area contributed by atoms with Gasteiger partial charge in [-0.15, -0.1) is 0 Å². The fraction of sp³-hybridized carbons (Fsp3) is 0.421. The lowest BCUT2D eigenvalue weighted by atomic mass is 10.1. The maximum absolute atomic E-state index is 3.41. The summed E-state index contributed by atoms with van der Waals surface area (Å²) in [4.78, 5) is 0. The summed E-state index contributed by atoms with van der Waals surface area (Å²) in [5.74, 6) is 6.83. The van der Waals surface area contributed by atoms with Crippen molar-refractivity contribution in [2.24, 2.45) is 0 Å². The normalized spacial score (nSPS) is 11.1. The lowest BCUT2D eigenvalue weighted by Crippen LogP contribution is -1.84. The number of rotatable bonds is 14. The van der Waals surface area contributed by atoms with Gasteiger partial charge in [-0.05, 0) is 83.3 Å². The highest BCUT2D eigenvalue weighted by atomic mass is 14.1. The number of hydrogen-bond acceptors (Lipinski definition) is 0. The average molecular weight is 503 g/mol. The average Bonchev–Trinajstić information content (AvgIpc) is 3.40. The first-order chi connectivity index (χ1) is 18.7. The molecule has 0 aromatic heterocycles. The molecule has 0 radical (unpaired) electrons. The van der Waals surface area contributed by atoms with Crippen LogP contribution in [0, 0.1) is 11.8 Å². The summed E-state index contributed by atoms with van der Waals surface area (Å²) in [5.41, 5.74) is 10.2. The lowest BCUT2D eigenvalue weighted by molar-refractivity contribution is 0.607. The molecule has 0 N–H and O–H groups in total. The number of aryl methyl sites for hydroxylation is 2. The van der Waals surface area contributed by atoms with Gasteiger partial charge < -0.3 is 0 Å². The third kappa shape index (κ3) is 8.77. The number of unbranched alkanes of at least 4 members (excludes halogenated alkanes) is 10. The molecule has 0 aromatic rings. The Balaban J connectivity index is 1.33. The van der Waals surface area contributed by atoms with E-state index in [9.17, 15) is 0 Å². The quantitative estimate of drug-likeness (QED) is 0.119. The molecule has 0 nitrogen and oxygen atoms in total. The molecular formula is C38H46. The summed E-state index contributed by atoms with van der Waals surface area (Å²) in [6.07, 6.45) is 18.5. The van der Waals surface area contributed by atoms with Crippen LogP contribution >= 0.6 is 0 Å². The van der Waals surface area contributed by atoms with Crippen molar-refractivity contribution in [1.29, 1.82) is 0 Å². The van der Waals surface area contributed by atoms with Crippen LogP contribution < -0.4 is 0 Å². The van der Waals surface area contributed by atoms with Gasteiger partial charge in [0, 0.05) is 11.1 Å². The van der Waals surface area contributed by atoms with Crippen LogP contribution in [0.2, 0.25) is 0 Å². The zero-order chi connectivity index (χ0) is 26.4. The van der Waals surface area contributed by atoms with E-state index in [1.165, 1.54) is 123 Å². The minimum atomic E-state index is 1.10. The van der Waals surface area contributed by atoms with Crippen LogP contribution in [0.4, 0.5) is 0 Å². The summed E-state index contributed by atoms with van der Waals surface area (Å²) >= 11 is 0. The summed E-state index contributed by atoms with van der Waals surface area (Å²) in [5, 5.41) is 0. The zero-order valence-corrected chi connectivity index (χ0v) is 23.8. The van der Waals surface area contributed by atoms with E-state index in [1.54, 1.807) is 0 Å². The molecule has 4 rings (SSSR count). The molecule has 0 heteroatoms. The van der Waals surface area contributed by atoms with Gasteiger partial charge in [0.05, 0.1) is 0 Å². The van der Waals surface area contributed by atoms with Gasteiger partial charge in [0.2, 0.25) is 0 Å². The first kappa shape index (κ1) is 28.0. The van der Waals surface area contributed by atoms with Crippen LogP contribution in [0.1, 0.15) is 113 Å². The van der Waals surface area contributed by atoms with Crippen LogP contribution in [-0.4, -0.2) is 0 Å². The molecule has 38 heavy (non-hydrogen) atoms. The minimum absolute atomic E-state index is 1.10. The van der Waals surface area contributed by atoms with Gasteiger partial charge in [-0.2, -0.15) is 0 Å². The molecule has 0 unspecified atom stereocenters. The Hall–Kier alpha value is -3.04. The fourth-order valence-electron chi connectivity index (χ4n) is 5.40. The molecule has 198 valence electrons. The van der Waals surface area contributed by atoms with Gasteiger partial charge >= 0.3 is 0 Å². The Morgan fingerprint density at radius 3 is 1.05 bits per heavy atom. The van der Waals surface area contributed by atoms with Crippen molar-refractivity contribution in [3.05, 3.63) is 95.1 Å². The van der Waals surface area contributed by atoms with Gasteiger partial charge in [-0.3, -0.25) is 0 Å². The van der Waals surface area contributed by atoms with Crippen molar-refractivity contribution in [3.8, 4) is 34.1 Å². The van der Waals surface area contributed by atoms with Crippen molar-refractivity contribution in [3.63, 3.8) is 0 Å². The van der Waals surface area contributed by atoms with Gasteiger partial charge in [0.15, 0.2) is 0 Å². The van der Waals surface area contributed by atoms with E-state index in [-0.39, 0.29) is 0 Å². The van der Waals surface area contributed by atoms with Gasteiger partial charge in [-0.25, -0.2) is 0 Å². The van der Waals surface area contributed by atoms with Crippen LogP contribution in [0.5, 0.6) is 0 Å². The summed E-state index contributed by atoms with van der Waals surface area (Å²) in [6.45, 7) is 4.56. The SMILES string of the molecule is CCCCCCCCc1ccc2cc(C#Cc3cc4ccc(CCCCCCCC)ccc-4c3)cc-2cc1. The number of fused-ring (bicyclic) bond motifs is 2. The predicted octanol–water partition coefficient (Wildman–Crippen LogP) is 11.1. The predicted molar refractivity (Wildman–Crippen MR) is 166 cm³/mol. The summed E-state index contributed by atoms with van der Waals surface area (Å²) in [7, 11) is 0. The molecule has 0 aliphatic heterocycles. The van der Waals surface area contributed by atoms with Gasteiger partial charge in [-0.1, -0.05) is 138 Å². The smallest absolute Gasteiger partial charge is 0.0261 e. The number of hydrogen-bond donors (Lipinski definition) is 0. The fourth-order valence-corrected chi connectivity index (χ4v) is 5.40. The van der Waals surface area contributed by atoms with Crippen LogP contribution in [0.15, 0.2) is 72.8 Å². The summed E-state index contributed by atoms with van der Waals surface area (Å²) in [6, 6.07) is 27.2. The maximum Gasteiger partial charge on any atom is 0.0261 e. The second-order valence-electron chi connectivity index (χ2n) is 11.1. The van der Waals surface area contributed by atoms with E-state index >= 15 is 0 Å². The van der Waals surface area contributed by atoms with Gasteiger partial charge in [0.1, 0.15) is 0 Å².